The highest BCUT2D eigenvalue weighted by Crippen LogP contribution is 2.51. The fraction of sp³-hybridized carbons (Fsp3) is 0.0750. The summed E-state index contributed by atoms with van der Waals surface area (Å²) in [4.78, 5) is 15.3. The van der Waals surface area contributed by atoms with E-state index in [1.165, 1.54) is 0 Å². The zero-order chi connectivity index (χ0) is 30.0. The molecule has 0 atom stereocenters. The average molecular weight is 577 g/mol. The summed E-state index contributed by atoms with van der Waals surface area (Å²) in [6.45, 7) is 6.23. The average Bonchev–Trinajstić information content (AvgIpc) is 3.05. The lowest BCUT2D eigenvalue weighted by atomic mass is 9.85. The summed E-state index contributed by atoms with van der Waals surface area (Å²) in [5, 5.41) is 1.06. The maximum atomic E-state index is 15.5. The largest absolute Gasteiger partial charge is 0.305 e. The van der Waals surface area contributed by atoms with Gasteiger partial charge in [0.2, 0.25) is 12.7 Å². The van der Waals surface area contributed by atoms with Crippen molar-refractivity contribution in [1.82, 2.24) is 0 Å². The van der Waals surface area contributed by atoms with Gasteiger partial charge in [-0.3, -0.25) is 4.79 Å². The third kappa shape index (κ3) is 5.20. The standard InChI is InChI=1S/C40H33O2P/c1-28-16-10-13-23-34(28)31-26-37(35-24-14-11-17-29(35)2)39(38(27-31)36-25-15-12-18-30(36)3)40(41)43(42,32-19-6-4-7-20-32)33-21-8-5-9-22-33/h4-27H,1-3H3. The fourth-order valence-electron chi connectivity index (χ4n) is 5.92. The molecule has 0 aromatic heterocycles. The quantitative estimate of drug-likeness (QED) is 0.177. The van der Waals surface area contributed by atoms with E-state index in [0.29, 0.717) is 16.2 Å². The Balaban J connectivity index is 1.77. The van der Waals surface area contributed by atoms with Crippen molar-refractivity contribution < 1.29 is 9.36 Å². The lowest BCUT2D eigenvalue weighted by Crippen LogP contribution is -2.23. The van der Waals surface area contributed by atoms with Gasteiger partial charge in [0.25, 0.3) is 0 Å². The molecule has 0 bridgehead atoms. The Hall–Kier alpha value is -4.78. The van der Waals surface area contributed by atoms with Crippen LogP contribution in [0.5, 0.6) is 0 Å². The molecule has 0 fully saturated rings. The maximum Gasteiger partial charge on any atom is 0.231 e. The Kier molecular flexibility index (Phi) is 7.80. The van der Waals surface area contributed by atoms with Crippen molar-refractivity contribution in [2.24, 2.45) is 0 Å². The van der Waals surface area contributed by atoms with Gasteiger partial charge < -0.3 is 4.57 Å². The zero-order valence-corrected chi connectivity index (χ0v) is 25.5. The van der Waals surface area contributed by atoms with E-state index in [1.54, 1.807) is 0 Å². The molecule has 6 aromatic carbocycles. The van der Waals surface area contributed by atoms with Crippen LogP contribution in [0.3, 0.4) is 0 Å². The normalized spacial score (nSPS) is 11.3. The molecule has 0 aliphatic rings. The predicted molar refractivity (Wildman–Crippen MR) is 181 cm³/mol. The van der Waals surface area contributed by atoms with Crippen LogP contribution in [0.25, 0.3) is 33.4 Å². The van der Waals surface area contributed by atoms with Gasteiger partial charge in [0.1, 0.15) is 0 Å². The van der Waals surface area contributed by atoms with Gasteiger partial charge in [-0.05, 0) is 83.0 Å². The highest BCUT2D eigenvalue weighted by atomic mass is 31.2. The van der Waals surface area contributed by atoms with E-state index in [9.17, 15) is 0 Å². The van der Waals surface area contributed by atoms with E-state index < -0.39 is 7.14 Å². The molecule has 0 unspecified atom stereocenters. The molecule has 0 radical (unpaired) electrons. The van der Waals surface area contributed by atoms with Crippen LogP contribution in [0.2, 0.25) is 0 Å². The summed E-state index contributed by atoms with van der Waals surface area (Å²) < 4.78 is 15.5. The smallest absolute Gasteiger partial charge is 0.231 e. The number of carbonyl (C=O) groups excluding carboxylic acids is 1. The van der Waals surface area contributed by atoms with Crippen LogP contribution >= 0.6 is 7.14 Å². The molecule has 0 spiro atoms. The van der Waals surface area contributed by atoms with Crippen molar-refractivity contribution in [1.29, 1.82) is 0 Å². The van der Waals surface area contributed by atoms with E-state index in [1.807, 2.05) is 97.1 Å². The molecule has 0 heterocycles. The van der Waals surface area contributed by atoms with Crippen LogP contribution in [-0.2, 0) is 4.57 Å². The van der Waals surface area contributed by atoms with E-state index in [-0.39, 0.29) is 5.52 Å². The second-order valence-corrected chi connectivity index (χ2v) is 13.6. The SMILES string of the molecule is Cc1ccccc1-c1cc(-c2ccccc2C)c(C(=O)P(=O)(c2ccccc2)c2ccccc2)c(-c2ccccc2C)c1. The summed E-state index contributed by atoms with van der Waals surface area (Å²) in [5.74, 6) is 0. The summed E-state index contributed by atoms with van der Waals surface area (Å²) in [7, 11) is -3.80. The number of hydrogen-bond donors (Lipinski definition) is 0. The van der Waals surface area contributed by atoms with Crippen LogP contribution in [0.4, 0.5) is 0 Å². The third-order valence-electron chi connectivity index (χ3n) is 8.20. The first-order valence-corrected chi connectivity index (χ1v) is 16.2. The topological polar surface area (TPSA) is 34.1 Å². The molecule has 6 rings (SSSR count). The molecule has 3 heteroatoms. The second-order valence-electron chi connectivity index (χ2n) is 11.0. The van der Waals surface area contributed by atoms with E-state index in [4.69, 9.17) is 0 Å². The van der Waals surface area contributed by atoms with E-state index >= 15 is 9.36 Å². The highest BCUT2D eigenvalue weighted by Gasteiger charge is 2.39. The second kappa shape index (κ2) is 11.8. The van der Waals surface area contributed by atoms with Crippen LogP contribution in [0.1, 0.15) is 27.0 Å². The lowest BCUT2D eigenvalue weighted by Gasteiger charge is -2.24. The van der Waals surface area contributed by atoms with Crippen molar-refractivity contribution in [2.45, 2.75) is 20.8 Å². The molecule has 2 nitrogen and oxygen atoms in total. The van der Waals surface area contributed by atoms with Gasteiger partial charge >= 0.3 is 0 Å². The Bertz CT molecular complexity index is 1880. The zero-order valence-electron chi connectivity index (χ0n) is 24.6. The van der Waals surface area contributed by atoms with Crippen molar-refractivity contribution in [2.75, 3.05) is 0 Å². The number of rotatable bonds is 7. The molecule has 6 aromatic rings. The number of aryl methyl sites for hydroxylation is 3. The van der Waals surface area contributed by atoms with Gasteiger partial charge in [0.15, 0.2) is 0 Å². The van der Waals surface area contributed by atoms with Gasteiger partial charge in [-0.25, -0.2) is 0 Å². The number of hydrogen-bond acceptors (Lipinski definition) is 2. The first kappa shape index (κ1) is 28.3. The molecule has 210 valence electrons. The summed E-state index contributed by atoms with van der Waals surface area (Å²) in [6, 6.07) is 47.2. The first-order chi connectivity index (χ1) is 20.9. The summed E-state index contributed by atoms with van der Waals surface area (Å²) in [5.41, 5.74) is 8.94. The van der Waals surface area contributed by atoms with E-state index in [2.05, 4.69) is 69.3 Å². The fourth-order valence-corrected chi connectivity index (χ4v) is 8.42. The number of benzene rings is 6. The van der Waals surface area contributed by atoms with Gasteiger partial charge in [-0.1, -0.05) is 133 Å². The van der Waals surface area contributed by atoms with Crippen LogP contribution in [0.15, 0.2) is 146 Å². The van der Waals surface area contributed by atoms with Crippen molar-refractivity contribution >= 4 is 23.3 Å². The minimum atomic E-state index is -3.80. The van der Waals surface area contributed by atoms with Gasteiger partial charge in [0.05, 0.1) is 0 Å². The molecule has 43 heavy (non-hydrogen) atoms. The summed E-state index contributed by atoms with van der Waals surface area (Å²) in [6.07, 6.45) is 0. The van der Waals surface area contributed by atoms with Crippen molar-refractivity contribution in [3.05, 3.63) is 168 Å². The van der Waals surface area contributed by atoms with Crippen molar-refractivity contribution in [3.63, 3.8) is 0 Å². The van der Waals surface area contributed by atoms with Crippen LogP contribution < -0.4 is 10.6 Å². The number of carbonyl (C=O) groups is 1. The Morgan fingerprint density at radius 1 is 0.442 bits per heavy atom. The third-order valence-corrected chi connectivity index (χ3v) is 11.1. The van der Waals surface area contributed by atoms with Crippen LogP contribution in [-0.4, -0.2) is 5.52 Å². The predicted octanol–water partition coefficient (Wildman–Crippen LogP) is 9.77. The molecule has 0 saturated carbocycles. The first-order valence-electron chi connectivity index (χ1n) is 14.5. The molecule has 0 aliphatic carbocycles. The minimum Gasteiger partial charge on any atom is -0.305 e. The van der Waals surface area contributed by atoms with Gasteiger partial charge in [-0.2, -0.15) is 0 Å². The lowest BCUT2D eigenvalue weighted by molar-refractivity contribution is 0.107. The molecular weight excluding hydrogens is 543 g/mol. The molecule has 0 aliphatic heterocycles. The molecule has 0 saturated heterocycles. The van der Waals surface area contributed by atoms with Crippen LogP contribution in [0, 0.1) is 20.8 Å². The molecular formula is C40H33O2P. The Morgan fingerprint density at radius 3 is 1.19 bits per heavy atom. The molecule has 0 amide bonds. The van der Waals surface area contributed by atoms with Gasteiger partial charge in [0, 0.05) is 16.2 Å². The highest BCUT2D eigenvalue weighted by molar-refractivity contribution is 7.93. The van der Waals surface area contributed by atoms with E-state index in [0.717, 1.165) is 50.1 Å². The maximum absolute atomic E-state index is 15.5. The van der Waals surface area contributed by atoms with Crippen molar-refractivity contribution in [3.8, 4) is 33.4 Å². The Morgan fingerprint density at radius 2 is 0.791 bits per heavy atom. The monoisotopic (exact) mass is 576 g/mol. The minimum absolute atomic E-state index is 0.363. The Labute approximate surface area is 254 Å². The summed E-state index contributed by atoms with van der Waals surface area (Å²) >= 11 is 0. The molecule has 0 N–H and O–H groups in total. The van der Waals surface area contributed by atoms with Gasteiger partial charge in [-0.15, -0.1) is 0 Å².